The van der Waals surface area contributed by atoms with E-state index in [2.05, 4.69) is 20.8 Å². The number of ether oxygens (including phenoxy) is 3. The summed E-state index contributed by atoms with van der Waals surface area (Å²) in [6.07, 6.45) is 68.2. The molecule has 0 saturated heterocycles. The van der Waals surface area contributed by atoms with Gasteiger partial charge < -0.3 is 14.2 Å². The Kier molecular flexibility index (Phi) is 58.6. The van der Waals surface area contributed by atoms with E-state index in [0.29, 0.717) is 19.3 Å². The first-order chi connectivity index (χ1) is 34.5. The van der Waals surface area contributed by atoms with Gasteiger partial charge in [0, 0.05) is 19.3 Å². The molecule has 0 amide bonds. The molecule has 0 aromatic heterocycles. The van der Waals surface area contributed by atoms with Gasteiger partial charge >= 0.3 is 17.9 Å². The predicted molar refractivity (Wildman–Crippen MR) is 303 cm³/mol. The third-order valence-corrected chi connectivity index (χ3v) is 14.9. The molecule has 0 radical (unpaired) electrons. The van der Waals surface area contributed by atoms with Crippen LogP contribution in [0.15, 0.2) is 0 Å². The summed E-state index contributed by atoms with van der Waals surface area (Å²) in [5.74, 6) is -0.825. The first-order valence-corrected chi connectivity index (χ1v) is 32.0. The highest BCUT2D eigenvalue weighted by Gasteiger charge is 2.19. The van der Waals surface area contributed by atoms with E-state index < -0.39 is 6.10 Å². The predicted octanol–water partition coefficient (Wildman–Crippen LogP) is 21.5. The van der Waals surface area contributed by atoms with Crippen molar-refractivity contribution in [3.05, 3.63) is 0 Å². The van der Waals surface area contributed by atoms with Crippen LogP contribution in [0.1, 0.15) is 374 Å². The maximum absolute atomic E-state index is 12.9. The number of rotatable bonds is 60. The Labute approximate surface area is 438 Å². The lowest BCUT2D eigenvalue weighted by Gasteiger charge is -2.18. The van der Waals surface area contributed by atoms with E-state index in [4.69, 9.17) is 14.2 Å². The number of carbonyl (C=O) groups is 3. The van der Waals surface area contributed by atoms with Crippen molar-refractivity contribution in [2.75, 3.05) is 13.2 Å². The van der Waals surface area contributed by atoms with E-state index in [0.717, 1.165) is 57.8 Å². The monoisotopic (exact) mass is 989 g/mol. The first-order valence-electron chi connectivity index (χ1n) is 32.0. The zero-order chi connectivity index (χ0) is 50.7. The molecule has 6 heteroatoms. The number of carbonyl (C=O) groups excluding carboxylic acids is 3. The molecule has 70 heavy (non-hydrogen) atoms. The molecule has 0 N–H and O–H groups in total. The molecule has 1 unspecified atom stereocenters. The normalized spacial score (nSPS) is 11.9. The lowest BCUT2D eigenvalue weighted by atomic mass is 10.0. The molecule has 6 nitrogen and oxygen atoms in total. The van der Waals surface area contributed by atoms with Crippen LogP contribution in [-0.2, 0) is 28.6 Å². The second-order valence-electron chi connectivity index (χ2n) is 22.1. The van der Waals surface area contributed by atoms with Crippen molar-refractivity contribution in [1.29, 1.82) is 0 Å². The summed E-state index contributed by atoms with van der Waals surface area (Å²) in [4.78, 5) is 38.3. The highest BCUT2D eigenvalue weighted by molar-refractivity contribution is 5.71. The second kappa shape index (κ2) is 60.0. The molecule has 416 valence electrons. The Hall–Kier alpha value is -1.59. The Morgan fingerprint density at radius 3 is 0.571 bits per heavy atom. The lowest BCUT2D eigenvalue weighted by Crippen LogP contribution is -2.30. The lowest BCUT2D eigenvalue weighted by molar-refractivity contribution is -0.167. The van der Waals surface area contributed by atoms with Gasteiger partial charge in [-0.15, -0.1) is 0 Å². The summed E-state index contributed by atoms with van der Waals surface area (Å²) in [6.45, 7) is 6.73. The van der Waals surface area contributed by atoms with Crippen LogP contribution in [0.3, 0.4) is 0 Å². The zero-order valence-corrected chi connectivity index (χ0v) is 47.8. The van der Waals surface area contributed by atoms with E-state index in [1.54, 1.807) is 0 Å². The van der Waals surface area contributed by atoms with Crippen molar-refractivity contribution >= 4 is 17.9 Å². The highest BCUT2D eigenvalue weighted by atomic mass is 16.6. The van der Waals surface area contributed by atoms with Crippen molar-refractivity contribution in [2.45, 2.75) is 380 Å². The summed E-state index contributed by atoms with van der Waals surface area (Å²) in [5.41, 5.74) is 0. The number of hydrogen-bond donors (Lipinski definition) is 0. The van der Waals surface area contributed by atoms with Crippen LogP contribution < -0.4 is 0 Å². The molecule has 0 aliphatic rings. The van der Waals surface area contributed by atoms with Gasteiger partial charge in [-0.3, -0.25) is 14.4 Å². The van der Waals surface area contributed by atoms with Crippen LogP contribution in [0.25, 0.3) is 0 Å². The molecule has 0 aromatic carbocycles. The quantitative estimate of drug-likeness (QED) is 0.0343. The number of hydrogen-bond acceptors (Lipinski definition) is 6. The number of unbranched alkanes of at least 4 members (excludes halogenated alkanes) is 49. The molecule has 0 bridgehead atoms. The van der Waals surface area contributed by atoms with Crippen LogP contribution in [0.4, 0.5) is 0 Å². The van der Waals surface area contributed by atoms with Gasteiger partial charge in [0.15, 0.2) is 6.10 Å². The molecule has 0 aromatic rings. The van der Waals surface area contributed by atoms with Gasteiger partial charge in [-0.2, -0.15) is 0 Å². The summed E-state index contributed by atoms with van der Waals surface area (Å²) < 4.78 is 16.9. The smallest absolute Gasteiger partial charge is 0.306 e. The maximum Gasteiger partial charge on any atom is 0.306 e. The Bertz CT molecular complexity index is 1040. The fraction of sp³-hybridized carbons (Fsp3) is 0.953. The van der Waals surface area contributed by atoms with Gasteiger partial charge in [-0.25, -0.2) is 0 Å². The van der Waals surface area contributed by atoms with Crippen LogP contribution in [0, 0.1) is 0 Å². The van der Waals surface area contributed by atoms with Gasteiger partial charge in [0.25, 0.3) is 0 Å². The van der Waals surface area contributed by atoms with E-state index in [1.165, 1.54) is 276 Å². The highest BCUT2D eigenvalue weighted by Crippen LogP contribution is 2.19. The SMILES string of the molecule is CCCCCCCCCCCCCCCCCCCCCCCCC(=O)OCC(COC(=O)CCCCCCCCCCCCCCCC)OC(=O)CCCCCCCCCCCCCCCCCC. The molecule has 0 spiro atoms. The average Bonchev–Trinajstić information content (AvgIpc) is 3.36. The molecule has 0 rings (SSSR count). The molecule has 0 saturated carbocycles. The molecular weight excluding hydrogens is 865 g/mol. The first kappa shape index (κ1) is 68.4. The van der Waals surface area contributed by atoms with Gasteiger partial charge in [0.1, 0.15) is 13.2 Å². The summed E-state index contributed by atoms with van der Waals surface area (Å²) in [7, 11) is 0. The molecule has 0 aliphatic heterocycles. The molecule has 0 fully saturated rings. The van der Waals surface area contributed by atoms with Crippen LogP contribution in [0.2, 0.25) is 0 Å². The van der Waals surface area contributed by atoms with Crippen molar-refractivity contribution in [3.8, 4) is 0 Å². The van der Waals surface area contributed by atoms with Crippen LogP contribution in [-0.4, -0.2) is 37.2 Å². The van der Waals surface area contributed by atoms with Crippen LogP contribution >= 0.6 is 0 Å². The summed E-state index contributed by atoms with van der Waals surface area (Å²) >= 11 is 0. The van der Waals surface area contributed by atoms with Gasteiger partial charge in [-0.05, 0) is 19.3 Å². The van der Waals surface area contributed by atoms with E-state index >= 15 is 0 Å². The van der Waals surface area contributed by atoms with Gasteiger partial charge in [0.05, 0.1) is 0 Å². The van der Waals surface area contributed by atoms with E-state index in [-0.39, 0.29) is 31.1 Å². The second-order valence-corrected chi connectivity index (χ2v) is 22.1. The minimum atomic E-state index is -0.762. The fourth-order valence-corrected chi connectivity index (χ4v) is 10.0. The van der Waals surface area contributed by atoms with Crippen molar-refractivity contribution in [2.24, 2.45) is 0 Å². The van der Waals surface area contributed by atoms with Crippen molar-refractivity contribution in [1.82, 2.24) is 0 Å². The Balaban J connectivity index is 4.23. The molecular formula is C64H124O6. The third-order valence-electron chi connectivity index (χ3n) is 14.9. The minimum Gasteiger partial charge on any atom is -0.462 e. The third kappa shape index (κ3) is 57.3. The summed E-state index contributed by atoms with van der Waals surface area (Å²) in [6, 6.07) is 0. The topological polar surface area (TPSA) is 78.9 Å². The minimum absolute atomic E-state index is 0.0605. The van der Waals surface area contributed by atoms with E-state index in [9.17, 15) is 14.4 Å². The number of esters is 3. The Morgan fingerprint density at radius 2 is 0.386 bits per heavy atom. The molecule has 0 heterocycles. The average molecular weight is 990 g/mol. The fourth-order valence-electron chi connectivity index (χ4n) is 10.0. The molecule has 0 aliphatic carbocycles. The van der Waals surface area contributed by atoms with Crippen LogP contribution in [0.5, 0.6) is 0 Å². The molecule has 1 atom stereocenters. The summed E-state index contributed by atoms with van der Waals surface area (Å²) in [5, 5.41) is 0. The largest absolute Gasteiger partial charge is 0.462 e. The van der Waals surface area contributed by atoms with E-state index in [1.807, 2.05) is 0 Å². The van der Waals surface area contributed by atoms with Gasteiger partial charge in [-0.1, -0.05) is 335 Å². The maximum atomic E-state index is 12.9. The standard InChI is InChI=1S/C64H124O6/c1-4-7-10-13-16-19-22-25-28-30-31-32-33-34-35-37-39-42-45-48-51-54-57-63(66)69-60-61(59-68-62(65)56-53-50-47-44-41-38-27-24-21-18-15-12-9-6-3)70-64(67)58-55-52-49-46-43-40-36-29-26-23-20-17-14-11-8-5-2/h61H,4-60H2,1-3H3. The van der Waals surface area contributed by atoms with Crippen molar-refractivity contribution in [3.63, 3.8) is 0 Å². The van der Waals surface area contributed by atoms with Gasteiger partial charge in [0.2, 0.25) is 0 Å². The van der Waals surface area contributed by atoms with Crippen molar-refractivity contribution < 1.29 is 28.6 Å². The zero-order valence-electron chi connectivity index (χ0n) is 47.8. The Morgan fingerprint density at radius 1 is 0.229 bits per heavy atom.